The van der Waals surface area contributed by atoms with Crippen molar-refractivity contribution in [3.8, 4) is 0 Å². The first-order chi connectivity index (χ1) is 9.69. The second-order valence-corrected chi connectivity index (χ2v) is 5.26. The zero-order chi connectivity index (χ0) is 14.5. The van der Waals surface area contributed by atoms with Crippen LogP contribution < -0.4 is 11.3 Å². The summed E-state index contributed by atoms with van der Waals surface area (Å²) in [6, 6.07) is 8.13. The molecule has 0 aliphatic rings. The second-order valence-electron chi connectivity index (χ2n) is 5.26. The summed E-state index contributed by atoms with van der Waals surface area (Å²) in [6.45, 7) is 6.95. The summed E-state index contributed by atoms with van der Waals surface area (Å²) >= 11 is 0. The van der Waals surface area contributed by atoms with Crippen molar-refractivity contribution >= 4 is 10.8 Å². The van der Waals surface area contributed by atoms with Crippen LogP contribution in [0.25, 0.3) is 10.8 Å². The van der Waals surface area contributed by atoms with E-state index < -0.39 is 0 Å². The molecule has 2 aromatic rings. The van der Waals surface area contributed by atoms with Gasteiger partial charge >= 0.3 is 0 Å². The van der Waals surface area contributed by atoms with Crippen molar-refractivity contribution in [2.24, 2.45) is 11.8 Å². The SMILES string of the molecule is CCOC(C(C)C)C(NN)c1cncc2ccccc12. The highest BCUT2D eigenvalue weighted by molar-refractivity contribution is 5.85. The zero-order valence-corrected chi connectivity index (χ0v) is 12.3. The highest BCUT2D eigenvalue weighted by atomic mass is 16.5. The van der Waals surface area contributed by atoms with Gasteiger partial charge in [0, 0.05) is 24.4 Å². The number of fused-ring (bicyclic) bond motifs is 1. The molecule has 2 rings (SSSR count). The molecule has 0 amide bonds. The van der Waals surface area contributed by atoms with Gasteiger partial charge in [0.05, 0.1) is 12.1 Å². The third-order valence-electron chi connectivity index (χ3n) is 3.56. The Labute approximate surface area is 120 Å². The average molecular weight is 273 g/mol. The molecule has 1 aromatic carbocycles. The van der Waals surface area contributed by atoms with Gasteiger partial charge in [-0.3, -0.25) is 16.3 Å². The lowest BCUT2D eigenvalue weighted by atomic mass is 9.92. The van der Waals surface area contributed by atoms with Gasteiger partial charge in [-0.2, -0.15) is 0 Å². The quantitative estimate of drug-likeness (QED) is 0.627. The van der Waals surface area contributed by atoms with Gasteiger partial charge in [-0.25, -0.2) is 0 Å². The maximum absolute atomic E-state index is 5.89. The Kier molecular flexibility index (Phi) is 5.06. The number of nitrogens with zero attached hydrogens (tertiary/aromatic N) is 1. The molecular weight excluding hydrogens is 250 g/mol. The van der Waals surface area contributed by atoms with Crippen molar-refractivity contribution in [2.75, 3.05) is 6.61 Å². The van der Waals surface area contributed by atoms with Crippen LogP contribution in [0.2, 0.25) is 0 Å². The van der Waals surface area contributed by atoms with E-state index in [0.29, 0.717) is 12.5 Å². The Balaban J connectivity index is 2.48. The summed E-state index contributed by atoms with van der Waals surface area (Å²) in [5, 5.41) is 2.28. The highest BCUT2D eigenvalue weighted by Gasteiger charge is 2.27. The summed E-state index contributed by atoms with van der Waals surface area (Å²) < 4.78 is 5.89. The van der Waals surface area contributed by atoms with Crippen LogP contribution in [-0.2, 0) is 4.74 Å². The number of hydrogen-bond donors (Lipinski definition) is 2. The van der Waals surface area contributed by atoms with Crippen LogP contribution in [0.4, 0.5) is 0 Å². The zero-order valence-electron chi connectivity index (χ0n) is 12.3. The van der Waals surface area contributed by atoms with Gasteiger partial charge in [0.25, 0.3) is 0 Å². The third-order valence-corrected chi connectivity index (χ3v) is 3.56. The summed E-state index contributed by atoms with van der Waals surface area (Å²) in [5.74, 6) is 6.16. The number of benzene rings is 1. The molecule has 1 heterocycles. The number of hydrogen-bond acceptors (Lipinski definition) is 4. The molecule has 0 fully saturated rings. The average Bonchev–Trinajstić information content (AvgIpc) is 2.47. The lowest BCUT2D eigenvalue weighted by Gasteiger charge is -2.30. The Morgan fingerprint density at radius 3 is 2.65 bits per heavy atom. The van der Waals surface area contributed by atoms with Crippen molar-refractivity contribution in [2.45, 2.75) is 32.9 Å². The van der Waals surface area contributed by atoms with Crippen molar-refractivity contribution in [3.63, 3.8) is 0 Å². The molecule has 0 saturated heterocycles. The molecule has 0 radical (unpaired) electrons. The number of nitrogens with one attached hydrogen (secondary N) is 1. The smallest absolute Gasteiger partial charge is 0.0806 e. The second kappa shape index (κ2) is 6.79. The Morgan fingerprint density at radius 1 is 1.25 bits per heavy atom. The Bertz CT molecular complexity index is 551. The number of rotatable bonds is 6. The van der Waals surface area contributed by atoms with Crippen LogP contribution in [0.5, 0.6) is 0 Å². The molecule has 0 saturated carbocycles. The van der Waals surface area contributed by atoms with Gasteiger partial charge in [-0.05, 0) is 23.8 Å². The maximum Gasteiger partial charge on any atom is 0.0806 e. The molecule has 1 aromatic heterocycles. The lowest BCUT2D eigenvalue weighted by molar-refractivity contribution is 0.00304. The van der Waals surface area contributed by atoms with Crippen molar-refractivity contribution in [3.05, 3.63) is 42.2 Å². The fourth-order valence-corrected chi connectivity index (χ4v) is 2.62. The first kappa shape index (κ1) is 14.9. The van der Waals surface area contributed by atoms with Crippen molar-refractivity contribution in [1.29, 1.82) is 0 Å². The first-order valence-corrected chi connectivity index (χ1v) is 7.09. The van der Waals surface area contributed by atoms with Gasteiger partial charge in [-0.15, -0.1) is 0 Å². The molecule has 0 aliphatic heterocycles. The van der Waals surface area contributed by atoms with Crippen LogP contribution >= 0.6 is 0 Å². The monoisotopic (exact) mass is 273 g/mol. The van der Waals surface area contributed by atoms with Crippen LogP contribution in [0.1, 0.15) is 32.4 Å². The number of nitrogens with two attached hydrogens (primary N) is 1. The first-order valence-electron chi connectivity index (χ1n) is 7.09. The van der Waals surface area contributed by atoms with E-state index in [9.17, 15) is 0 Å². The molecular formula is C16H23N3O. The molecule has 0 aliphatic carbocycles. The van der Waals surface area contributed by atoms with E-state index in [-0.39, 0.29) is 12.1 Å². The van der Waals surface area contributed by atoms with E-state index in [4.69, 9.17) is 10.6 Å². The predicted octanol–water partition coefficient (Wildman–Crippen LogP) is 2.80. The van der Waals surface area contributed by atoms with Gasteiger partial charge in [-0.1, -0.05) is 38.1 Å². The summed E-state index contributed by atoms with van der Waals surface area (Å²) in [7, 11) is 0. The fraction of sp³-hybridized carbons (Fsp3) is 0.438. The number of aromatic nitrogens is 1. The molecule has 0 spiro atoms. The van der Waals surface area contributed by atoms with Crippen molar-refractivity contribution < 1.29 is 4.74 Å². The third kappa shape index (κ3) is 2.98. The largest absolute Gasteiger partial charge is 0.376 e. The van der Waals surface area contributed by atoms with E-state index >= 15 is 0 Å². The minimum absolute atomic E-state index is 0.0117. The highest BCUT2D eigenvalue weighted by Crippen LogP contribution is 2.29. The molecule has 4 heteroatoms. The van der Waals surface area contributed by atoms with Crippen LogP contribution in [-0.4, -0.2) is 17.7 Å². The lowest BCUT2D eigenvalue weighted by Crippen LogP contribution is -2.41. The fourth-order valence-electron chi connectivity index (χ4n) is 2.62. The summed E-state index contributed by atoms with van der Waals surface area (Å²) in [5.41, 5.74) is 3.99. The van der Waals surface area contributed by atoms with Crippen LogP contribution in [0.15, 0.2) is 36.7 Å². The van der Waals surface area contributed by atoms with E-state index in [1.54, 1.807) is 0 Å². The van der Waals surface area contributed by atoms with Crippen LogP contribution in [0.3, 0.4) is 0 Å². The molecule has 3 N–H and O–H groups in total. The topological polar surface area (TPSA) is 60.2 Å². The molecule has 108 valence electrons. The van der Waals surface area contributed by atoms with E-state index in [1.807, 2.05) is 31.5 Å². The normalized spacial score (nSPS) is 14.7. The molecule has 0 bridgehead atoms. The van der Waals surface area contributed by atoms with Gasteiger partial charge in [0.15, 0.2) is 0 Å². The number of hydrazine groups is 1. The molecule has 2 atom stereocenters. The Hall–Kier alpha value is -1.49. The molecule has 4 nitrogen and oxygen atoms in total. The van der Waals surface area contributed by atoms with Crippen LogP contribution in [0, 0.1) is 5.92 Å². The van der Waals surface area contributed by atoms with Gasteiger partial charge < -0.3 is 4.74 Å². The number of ether oxygens (including phenoxy) is 1. The van der Waals surface area contributed by atoms with E-state index in [2.05, 4.69) is 36.4 Å². The molecule has 20 heavy (non-hydrogen) atoms. The van der Waals surface area contributed by atoms with Gasteiger partial charge in [0.2, 0.25) is 0 Å². The minimum Gasteiger partial charge on any atom is -0.376 e. The van der Waals surface area contributed by atoms with E-state index in [0.717, 1.165) is 16.3 Å². The molecule has 2 unspecified atom stereocenters. The van der Waals surface area contributed by atoms with E-state index in [1.165, 1.54) is 0 Å². The maximum atomic E-state index is 5.89. The summed E-state index contributed by atoms with van der Waals surface area (Å²) in [6.07, 6.45) is 3.76. The summed E-state index contributed by atoms with van der Waals surface area (Å²) in [4.78, 5) is 4.33. The Morgan fingerprint density at radius 2 is 2.00 bits per heavy atom. The standard InChI is InChI=1S/C16H23N3O/c1-4-20-16(11(2)3)15(19-17)14-10-18-9-12-7-5-6-8-13(12)14/h5-11,15-16,19H,4,17H2,1-3H3. The van der Waals surface area contributed by atoms with Gasteiger partial charge in [0.1, 0.15) is 0 Å². The van der Waals surface area contributed by atoms with Crippen molar-refractivity contribution in [1.82, 2.24) is 10.4 Å². The number of pyridine rings is 1. The predicted molar refractivity (Wildman–Crippen MR) is 82.1 cm³/mol. The minimum atomic E-state index is -0.0754.